The van der Waals surface area contributed by atoms with Gasteiger partial charge in [0, 0.05) is 30.8 Å². The molecule has 0 amide bonds. The van der Waals surface area contributed by atoms with Crippen LogP contribution >= 0.6 is 0 Å². The third-order valence-corrected chi connectivity index (χ3v) is 3.42. The number of fused-ring (bicyclic) bond motifs is 1. The smallest absolute Gasteiger partial charge is 0.292 e. The van der Waals surface area contributed by atoms with Crippen LogP contribution in [0.1, 0.15) is 39.0 Å². The Hall–Kier alpha value is -2.41. The van der Waals surface area contributed by atoms with Crippen molar-refractivity contribution < 1.29 is 9.47 Å². The fourth-order valence-electron chi connectivity index (χ4n) is 2.47. The van der Waals surface area contributed by atoms with Gasteiger partial charge in [-0.25, -0.2) is 9.50 Å². The summed E-state index contributed by atoms with van der Waals surface area (Å²) < 4.78 is 13.4. The van der Waals surface area contributed by atoms with E-state index in [4.69, 9.17) is 9.47 Å². The van der Waals surface area contributed by atoms with Gasteiger partial charge in [0.1, 0.15) is 5.60 Å². The summed E-state index contributed by atoms with van der Waals surface area (Å²) in [5.41, 5.74) is 3.20. The van der Waals surface area contributed by atoms with Crippen LogP contribution in [-0.4, -0.2) is 39.1 Å². The molecule has 1 aliphatic rings. The van der Waals surface area contributed by atoms with Gasteiger partial charge in [-0.3, -0.25) is 0 Å². The molecule has 7 nitrogen and oxygen atoms in total. The number of aromatic nitrogens is 3. The maximum absolute atomic E-state index is 5.80. The molecule has 1 unspecified atom stereocenters. The molecule has 3 rings (SSSR count). The van der Waals surface area contributed by atoms with Crippen LogP contribution in [0.5, 0.6) is 0 Å². The Kier molecular flexibility index (Phi) is 4.28. The third kappa shape index (κ3) is 3.41. The Morgan fingerprint density at radius 2 is 2.12 bits per heavy atom. The number of hydrogen-bond donors (Lipinski definition) is 1. The highest BCUT2D eigenvalue weighted by Gasteiger charge is 2.25. The number of rotatable bonds is 3. The highest BCUT2D eigenvalue weighted by Crippen LogP contribution is 2.24. The van der Waals surface area contributed by atoms with Gasteiger partial charge in [-0.1, -0.05) is 0 Å². The van der Waals surface area contributed by atoms with E-state index in [1.165, 1.54) is 0 Å². The van der Waals surface area contributed by atoms with Gasteiger partial charge in [0.2, 0.25) is 0 Å². The molecule has 0 spiro atoms. The maximum Gasteiger partial charge on any atom is 0.292 e. The zero-order valence-corrected chi connectivity index (χ0v) is 14.7. The Balaban J connectivity index is 1.94. The van der Waals surface area contributed by atoms with Gasteiger partial charge in [0.15, 0.2) is 11.9 Å². The Morgan fingerprint density at radius 1 is 1.33 bits per heavy atom. The van der Waals surface area contributed by atoms with E-state index in [0.717, 1.165) is 22.5 Å². The van der Waals surface area contributed by atoms with Crippen molar-refractivity contribution in [1.82, 2.24) is 19.9 Å². The van der Waals surface area contributed by atoms with Crippen molar-refractivity contribution in [2.45, 2.75) is 46.4 Å². The van der Waals surface area contributed by atoms with E-state index < -0.39 is 6.23 Å². The number of imidazole rings is 1. The SMILES string of the molecule is CCOC1N=C(OC(C)(C)C)NC=C1c1cc(C)c2nccn2n1. The monoisotopic (exact) mass is 329 g/mol. The molecule has 24 heavy (non-hydrogen) atoms. The van der Waals surface area contributed by atoms with E-state index >= 15 is 0 Å². The van der Waals surface area contributed by atoms with E-state index in [2.05, 4.69) is 20.4 Å². The third-order valence-electron chi connectivity index (χ3n) is 3.42. The number of ether oxygens (including phenoxy) is 2. The van der Waals surface area contributed by atoms with E-state index in [-0.39, 0.29) is 5.60 Å². The summed E-state index contributed by atoms with van der Waals surface area (Å²) in [5.74, 6) is 0. The minimum absolute atomic E-state index is 0.335. The molecule has 1 aliphatic heterocycles. The van der Waals surface area contributed by atoms with Gasteiger partial charge in [-0.05, 0) is 46.2 Å². The lowest BCUT2D eigenvalue weighted by molar-refractivity contribution is 0.0854. The minimum Gasteiger partial charge on any atom is -0.459 e. The molecule has 7 heteroatoms. The van der Waals surface area contributed by atoms with Gasteiger partial charge >= 0.3 is 0 Å². The zero-order chi connectivity index (χ0) is 17.3. The van der Waals surface area contributed by atoms with Crippen LogP contribution in [0.25, 0.3) is 11.2 Å². The highest BCUT2D eigenvalue weighted by molar-refractivity contribution is 5.82. The molecular formula is C17H23N5O2. The molecular weight excluding hydrogens is 306 g/mol. The normalized spacial score (nSPS) is 18.1. The van der Waals surface area contributed by atoms with Crippen molar-refractivity contribution in [3.63, 3.8) is 0 Å². The molecule has 0 saturated heterocycles. The lowest BCUT2D eigenvalue weighted by Crippen LogP contribution is -2.36. The molecule has 0 bridgehead atoms. The fourth-order valence-corrected chi connectivity index (χ4v) is 2.47. The van der Waals surface area contributed by atoms with Gasteiger partial charge < -0.3 is 14.8 Å². The maximum atomic E-state index is 5.80. The number of nitrogens with one attached hydrogen (secondary N) is 1. The molecule has 2 aromatic rings. The first-order valence-electron chi connectivity index (χ1n) is 8.04. The predicted molar refractivity (Wildman–Crippen MR) is 92.5 cm³/mol. The van der Waals surface area contributed by atoms with Crippen molar-refractivity contribution in [3.8, 4) is 0 Å². The Bertz CT molecular complexity index is 801. The van der Waals surface area contributed by atoms with Gasteiger partial charge in [-0.2, -0.15) is 10.1 Å². The first kappa shape index (κ1) is 16.4. The molecule has 0 radical (unpaired) electrons. The summed E-state index contributed by atoms with van der Waals surface area (Å²) in [6.07, 6.45) is 4.95. The summed E-state index contributed by atoms with van der Waals surface area (Å²) in [6.45, 7) is 10.4. The molecule has 128 valence electrons. The van der Waals surface area contributed by atoms with Crippen LogP contribution in [0, 0.1) is 6.92 Å². The van der Waals surface area contributed by atoms with E-state index in [1.54, 1.807) is 10.7 Å². The van der Waals surface area contributed by atoms with E-state index in [9.17, 15) is 0 Å². The molecule has 1 N–H and O–H groups in total. The summed E-state index contributed by atoms with van der Waals surface area (Å²) in [7, 11) is 0. The molecule has 2 aromatic heterocycles. The van der Waals surface area contributed by atoms with Crippen LogP contribution in [0.4, 0.5) is 0 Å². The van der Waals surface area contributed by atoms with Crippen LogP contribution in [0.15, 0.2) is 29.7 Å². The fraction of sp³-hybridized carbons (Fsp3) is 0.471. The average molecular weight is 329 g/mol. The summed E-state index contributed by atoms with van der Waals surface area (Å²) >= 11 is 0. The number of hydrogen-bond acceptors (Lipinski definition) is 6. The topological polar surface area (TPSA) is 73.0 Å². The van der Waals surface area contributed by atoms with Crippen LogP contribution in [-0.2, 0) is 9.47 Å². The second-order valence-corrected chi connectivity index (χ2v) is 6.61. The lowest BCUT2D eigenvalue weighted by Gasteiger charge is -2.27. The van der Waals surface area contributed by atoms with Crippen LogP contribution in [0.3, 0.4) is 0 Å². The second-order valence-electron chi connectivity index (χ2n) is 6.61. The Labute approximate surface area is 141 Å². The molecule has 0 saturated carbocycles. The first-order chi connectivity index (χ1) is 11.4. The van der Waals surface area contributed by atoms with Crippen molar-refractivity contribution in [2.24, 2.45) is 4.99 Å². The number of amidine groups is 1. The van der Waals surface area contributed by atoms with Gasteiger partial charge in [0.25, 0.3) is 6.02 Å². The van der Waals surface area contributed by atoms with Gasteiger partial charge in [-0.15, -0.1) is 0 Å². The van der Waals surface area contributed by atoms with Crippen LogP contribution in [0.2, 0.25) is 0 Å². The molecule has 0 aliphatic carbocycles. The van der Waals surface area contributed by atoms with Crippen LogP contribution < -0.4 is 5.32 Å². The highest BCUT2D eigenvalue weighted by atomic mass is 16.5. The largest absolute Gasteiger partial charge is 0.459 e. The second kappa shape index (κ2) is 6.24. The number of aryl methyl sites for hydroxylation is 1. The standard InChI is InChI=1S/C17H23N5O2/c1-6-23-15-12(10-19-16(20-15)24-17(3,4)5)13-9-11(2)14-18-7-8-22(14)21-13/h7-10,15H,6H2,1-5H3,(H,19,20). The number of aliphatic imine (C=N–C) groups is 1. The lowest BCUT2D eigenvalue weighted by atomic mass is 10.1. The van der Waals surface area contributed by atoms with Crippen molar-refractivity contribution in [1.29, 1.82) is 0 Å². The molecule has 3 heterocycles. The van der Waals surface area contributed by atoms with Crippen molar-refractivity contribution in [3.05, 3.63) is 35.9 Å². The quantitative estimate of drug-likeness (QED) is 0.937. The minimum atomic E-state index is -0.457. The van der Waals surface area contributed by atoms with E-state index in [1.807, 2.05) is 53.1 Å². The predicted octanol–water partition coefficient (Wildman–Crippen LogP) is 2.52. The van der Waals surface area contributed by atoms with Gasteiger partial charge in [0.05, 0.1) is 5.69 Å². The molecule has 0 aromatic carbocycles. The number of nitrogens with zero attached hydrogens (tertiary/aromatic N) is 4. The molecule has 0 fully saturated rings. The average Bonchev–Trinajstić information content (AvgIpc) is 2.95. The molecule has 1 atom stereocenters. The summed E-state index contributed by atoms with van der Waals surface area (Å²) in [5, 5.41) is 7.70. The van der Waals surface area contributed by atoms with Crippen molar-refractivity contribution >= 4 is 17.2 Å². The Morgan fingerprint density at radius 3 is 2.83 bits per heavy atom. The first-order valence-corrected chi connectivity index (χ1v) is 8.04. The van der Waals surface area contributed by atoms with E-state index in [0.29, 0.717) is 12.6 Å². The zero-order valence-electron chi connectivity index (χ0n) is 14.7. The summed E-state index contributed by atoms with van der Waals surface area (Å²) in [6, 6.07) is 2.44. The van der Waals surface area contributed by atoms with Crippen molar-refractivity contribution in [2.75, 3.05) is 6.61 Å². The summed E-state index contributed by atoms with van der Waals surface area (Å²) in [4.78, 5) is 8.84.